The van der Waals surface area contributed by atoms with Crippen LogP contribution in [0.15, 0.2) is 194 Å². The first-order valence-corrected chi connectivity index (χ1v) is 24.2. The molecule has 3 fully saturated rings. The number of carbonyl (C=O) groups excluding carboxylic acids is 1. The summed E-state index contributed by atoms with van der Waals surface area (Å²) in [5.74, 6) is -0.237. The Hall–Kier alpha value is -6.09. The largest absolute Gasteiger partial charge is 0.374 e. The zero-order valence-electron chi connectivity index (χ0n) is 39.0. The van der Waals surface area contributed by atoms with E-state index in [0.29, 0.717) is 13.2 Å². The van der Waals surface area contributed by atoms with Gasteiger partial charge in [-0.3, -0.25) is 4.79 Å². The molecule has 11 nitrogen and oxygen atoms in total. The summed E-state index contributed by atoms with van der Waals surface area (Å²) in [6.07, 6.45) is -6.69. The van der Waals surface area contributed by atoms with E-state index in [1.807, 2.05) is 164 Å². The Morgan fingerprint density at radius 1 is 0.471 bits per heavy atom. The summed E-state index contributed by atoms with van der Waals surface area (Å²) in [5, 5.41) is 5.58. The quantitative estimate of drug-likeness (QED) is 0.0749. The lowest BCUT2D eigenvalue weighted by Crippen LogP contribution is -2.68. The molecular formula is C59H59NO10. The molecular weight excluding hydrogens is 883 g/mol. The number of nitrogens with one attached hydrogen (secondary N) is 1. The van der Waals surface area contributed by atoms with Gasteiger partial charge in [0.15, 0.2) is 12.6 Å². The van der Waals surface area contributed by atoms with E-state index < -0.39 is 61.3 Å². The van der Waals surface area contributed by atoms with Crippen LogP contribution in [0.2, 0.25) is 0 Å². The molecule has 3 heterocycles. The van der Waals surface area contributed by atoms with Crippen LogP contribution in [-0.2, 0) is 86.9 Å². The monoisotopic (exact) mass is 941 g/mol. The molecule has 7 aromatic rings. The molecule has 0 aromatic heterocycles. The molecule has 1 N–H and O–H groups in total. The van der Waals surface area contributed by atoms with Crippen molar-refractivity contribution in [1.82, 2.24) is 5.32 Å². The average molecular weight is 942 g/mol. The standard InChI is InChI=1S/C59H59NO10/c61-51(33-41-18-6-1-7-19-41)60-52-55(64-35-43-22-10-3-11-23-43)53(63-38-46-30-31-47-28-16-17-29-48(47)32-46)49(39-62-34-42-20-8-2-9-21-42)68-58(52)70-54-50-40-67-59(69-50)57(66-37-45-26-14-5-15-27-45)56(54)65-36-44-24-12-4-13-25-44/h1-32,49-50,52-59H,33-40H2,(H,60,61)/t49-,50+,52-,53-,54+,55-,56-,57-,58-,59-/m1/s1. The van der Waals surface area contributed by atoms with Gasteiger partial charge < -0.3 is 47.9 Å². The average Bonchev–Trinajstić information content (AvgIpc) is 3.85. The second-order valence-electron chi connectivity index (χ2n) is 18.0. The SMILES string of the molecule is O=C(Cc1ccccc1)N[C@H]1[C@@H](O[C@@H]2[C@@H](OCc3ccccc3)[C@@H](OCc3ccccc3)[C@@H]3OC[C@@H]2O3)O[C@H](COCc2ccccc2)[C@@H](OCc2ccc3ccccc3c2)[C@@H]1OCc1ccccc1. The number of benzene rings is 7. The fraction of sp³-hybridized carbons (Fsp3) is 0.305. The smallest absolute Gasteiger partial charge is 0.224 e. The van der Waals surface area contributed by atoms with Crippen LogP contribution >= 0.6 is 0 Å². The van der Waals surface area contributed by atoms with Crippen molar-refractivity contribution in [1.29, 1.82) is 0 Å². The Bertz CT molecular complexity index is 2680. The van der Waals surface area contributed by atoms with Crippen molar-refractivity contribution in [3.05, 3.63) is 228 Å². The van der Waals surface area contributed by atoms with Crippen LogP contribution in [0.5, 0.6) is 0 Å². The fourth-order valence-corrected chi connectivity index (χ4v) is 9.43. The van der Waals surface area contributed by atoms with Crippen LogP contribution in [0.25, 0.3) is 10.8 Å². The summed E-state index contributed by atoms with van der Waals surface area (Å²) in [7, 11) is 0. The van der Waals surface area contributed by atoms with Gasteiger partial charge in [-0.1, -0.05) is 188 Å². The maximum Gasteiger partial charge on any atom is 0.224 e. The number of ether oxygens (including phenoxy) is 9. The van der Waals surface area contributed by atoms with Crippen LogP contribution in [0, 0.1) is 0 Å². The second-order valence-corrected chi connectivity index (χ2v) is 18.0. The second kappa shape index (κ2) is 23.7. The zero-order valence-corrected chi connectivity index (χ0v) is 39.0. The maximum absolute atomic E-state index is 14.4. The van der Waals surface area contributed by atoms with E-state index >= 15 is 0 Å². The van der Waals surface area contributed by atoms with Gasteiger partial charge >= 0.3 is 0 Å². The van der Waals surface area contributed by atoms with Gasteiger partial charge in [0, 0.05) is 0 Å². The molecule has 0 saturated carbocycles. The third-order valence-electron chi connectivity index (χ3n) is 13.0. The third-order valence-corrected chi connectivity index (χ3v) is 13.0. The van der Waals surface area contributed by atoms with Crippen molar-refractivity contribution in [2.45, 2.75) is 101 Å². The number of hydrogen-bond donors (Lipinski definition) is 1. The van der Waals surface area contributed by atoms with Crippen molar-refractivity contribution in [2.24, 2.45) is 0 Å². The minimum Gasteiger partial charge on any atom is -0.374 e. The van der Waals surface area contributed by atoms with Crippen molar-refractivity contribution in [3.8, 4) is 0 Å². The third kappa shape index (κ3) is 12.3. The highest BCUT2D eigenvalue weighted by molar-refractivity contribution is 5.83. The van der Waals surface area contributed by atoms with Crippen molar-refractivity contribution >= 4 is 16.7 Å². The molecule has 3 aliphatic rings. The van der Waals surface area contributed by atoms with Crippen molar-refractivity contribution < 1.29 is 47.4 Å². The molecule has 0 spiro atoms. The minimum atomic E-state index is -1.12. The molecule has 0 unspecified atom stereocenters. The highest BCUT2D eigenvalue weighted by atomic mass is 16.8. The summed E-state index contributed by atoms with van der Waals surface area (Å²) in [4.78, 5) is 14.4. The number of rotatable bonds is 21. The highest BCUT2D eigenvalue weighted by Crippen LogP contribution is 2.38. The lowest BCUT2D eigenvalue weighted by Gasteiger charge is -2.49. The Kier molecular flexibility index (Phi) is 16.1. The van der Waals surface area contributed by atoms with Crippen LogP contribution in [0.1, 0.15) is 33.4 Å². The Balaban J connectivity index is 1.01. The first-order chi connectivity index (χ1) is 34.6. The Labute approximate surface area is 409 Å². The van der Waals surface area contributed by atoms with Gasteiger partial charge in [0.25, 0.3) is 0 Å². The van der Waals surface area contributed by atoms with E-state index in [2.05, 4.69) is 35.6 Å². The van der Waals surface area contributed by atoms with Crippen molar-refractivity contribution in [2.75, 3.05) is 13.2 Å². The molecule has 10 rings (SSSR count). The van der Waals surface area contributed by atoms with Crippen molar-refractivity contribution in [3.63, 3.8) is 0 Å². The summed E-state index contributed by atoms with van der Waals surface area (Å²) >= 11 is 0. The first-order valence-electron chi connectivity index (χ1n) is 24.2. The number of fused-ring (bicyclic) bond motifs is 3. The molecule has 0 radical (unpaired) electrons. The van der Waals surface area contributed by atoms with E-state index in [1.54, 1.807) is 0 Å². The molecule has 3 saturated heterocycles. The van der Waals surface area contributed by atoms with E-state index in [1.165, 1.54) is 0 Å². The van der Waals surface area contributed by atoms with Gasteiger partial charge in [-0.05, 0) is 50.2 Å². The number of hydrogen-bond acceptors (Lipinski definition) is 10. The molecule has 2 bridgehead atoms. The molecule has 10 atom stereocenters. The van der Waals surface area contributed by atoms with Gasteiger partial charge in [-0.25, -0.2) is 0 Å². The summed E-state index contributed by atoms with van der Waals surface area (Å²) in [6, 6.07) is 63.2. The number of amides is 1. The van der Waals surface area contributed by atoms with Gasteiger partial charge in [0.2, 0.25) is 5.91 Å². The molecule has 0 aliphatic carbocycles. The predicted octanol–water partition coefficient (Wildman–Crippen LogP) is 9.29. The predicted molar refractivity (Wildman–Crippen MR) is 264 cm³/mol. The van der Waals surface area contributed by atoms with Gasteiger partial charge in [-0.2, -0.15) is 0 Å². The van der Waals surface area contributed by atoms with Gasteiger partial charge in [-0.15, -0.1) is 0 Å². The topological polar surface area (TPSA) is 112 Å². The van der Waals surface area contributed by atoms with E-state index in [9.17, 15) is 4.79 Å². The van der Waals surface area contributed by atoms with Gasteiger partial charge in [0.1, 0.15) is 48.8 Å². The number of carbonyl (C=O) groups is 1. The van der Waals surface area contributed by atoms with E-state index in [4.69, 9.17) is 42.6 Å². The Morgan fingerprint density at radius 3 is 1.59 bits per heavy atom. The molecule has 1 amide bonds. The van der Waals surface area contributed by atoms with E-state index in [-0.39, 0.29) is 45.4 Å². The van der Waals surface area contributed by atoms with Crippen LogP contribution in [0.3, 0.4) is 0 Å². The van der Waals surface area contributed by atoms with Gasteiger partial charge in [0.05, 0.1) is 52.7 Å². The molecule has 3 aliphatic heterocycles. The fourth-order valence-electron chi connectivity index (χ4n) is 9.43. The summed E-state index contributed by atoms with van der Waals surface area (Å²) in [5.41, 5.74) is 5.77. The Morgan fingerprint density at radius 2 is 0.971 bits per heavy atom. The molecule has 7 aromatic carbocycles. The summed E-state index contributed by atoms with van der Waals surface area (Å²) in [6.45, 7) is 1.73. The summed E-state index contributed by atoms with van der Waals surface area (Å²) < 4.78 is 61.5. The minimum absolute atomic E-state index is 0.116. The van der Waals surface area contributed by atoms with E-state index in [0.717, 1.165) is 44.2 Å². The molecule has 360 valence electrons. The highest BCUT2D eigenvalue weighted by Gasteiger charge is 2.56. The van der Waals surface area contributed by atoms with Crippen LogP contribution < -0.4 is 5.32 Å². The zero-order chi connectivity index (χ0) is 47.3. The molecule has 11 heteroatoms. The van der Waals surface area contributed by atoms with Crippen LogP contribution in [0.4, 0.5) is 0 Å². The normalized spacial score (nSPS) is 25.1. The lowest BCUT2D eigenvalue weighted by molar-refractivity contribution is -0.334. The van der Waals surface area contributed by atoms with Crippen LogP contribution in [-0.4, -0.2) is 80.5 Å². The maximum atomic E-state index is 14.4. The molecule has 70 heavy (non-hydrogen) atoms. The lowest BCUT2D eigenvalue weighted by atomic mass is 9.94. The first kappa shape index (κ1) is 47.6.